The van der Waals surface area contributed by atoms with Crippen molar-refractivity contribution in [2.75, 3.05) is 0 Å². The van der Waals surface area contributed by atoms with Gasteiger partial charge >= 0.3 is 0 Å². The van der Waals surface area contributed by atoms with Crippen molar-refractivity contribution in [1.82, 2.24) is 0 Å². The van der Waals surface area contributed by atoms with Gasteiger partial charge in [-0.15, -0.1) is 0 Å². The van der Waals surface area contributed by atoms with Gasteiger partial charge in [-0.3, -0.25) is 0 Å². The van der Waals surface area contributed by atoms with Crippen molar-refractivity contribution in [3.63, 3.8) is 0 Å². The Hall–Kier alpha value is -1.31. The molecule has 2 aromatic rings. The van der Waals surface area contributed by atoms with Gasteiger partial charge in [0.2, 0.25) is 0 Å². The van der Waals surface area contributed by atoms with Crippen molar-refractivity contribution in [3.05, 3.63) is 70.2 Å². The summed E-state index contributed by atoms with van der Waals surface area (Å²) in [6.07, 6.45) is 0.927. The van der Waals surface area contributed by atoms with E-state index in [2.05, 4.69) is 36.4 Å². The predicted molar refractivity (Wildman–Crippen MR) is 73.3 cm³/mol. The van der Waals surface area contributed by atoms with Crippen LogP contribution in [0.1, 0.15) is 29.7 Å². The molecule has 2 aromatic carbocycles. The van der Waals surface area contributed by atoms with Gasteiger partial charge in [-0.05, 0) is 42.2 Å². The zero-order valence-corrected chi connectivity index (χ0v) is 10.6. The fourth-order valence-electron chi connectivity index (χ4n) is 1.78. The van der Waals surface area contributed by atoms with Crippen LogP contribution in [0.25, 0.3) is 0 Å². The molecule has 0 saturated heterocycles. The van der Waals surface area contributed by atoms with Gasteiger partial charge in [-0.2, -0.15) is 0 Å². The molecule has 17 heavy (non-hydrogen) atoms. The van der Waals surface area contributed by atoms with E-state index in [0.717, 1.165) is 11.4 Å². The van der Waals surface area contributed by atoms with Gasteiger partial charge in [0.05, 0.1) is 0 Å². The van der Waals surface area contributed by atoms with Crippen LogP contribution in [0.3, 0.4) is 0 Å². The third-order valence-corrected chi connectivity index (χ3v) is 3.08. The summed E-state index contributed by atoms with van der Waals surface area (Å²) in [4.78, 5) is 0. The van der Waals surface area contributed by atoms with Gasteiger partial charge in [0.25, 0.3) is 0 Å². The molecule has 0 radical (unpaired) electrons. The number of nitrogens with two attached hydrogens (primary N) is 1. The second-order valence-corrected chi connectivity index (χ2v) is 4.77. The Bertz CT molecular complexity index is 471. The van der Waals surface area contributed by atoms with Gasteiger partial charge in [0.1, 0.15) is 0 Å². The molecule has 0 amide bonds. The molecule has 2 N–H and O–H groups in total. The maximum absolute atomic E-state index is 5.86. The van der Waals surface area contributed by atoms with Crippen LogP contribution in [0.15, 0.2) is 48.5 Å². The van der Waals surface area contributed by atoms with Crippen molar-refractivity contribution in [2.24, 2.45) is 5.73 Å². The minimum atomic E-state index is 0.0968. The van der Waals surface area contributed by atoms with Crippen LogP contribution < -0.4 is 5.73 Å². The van der Waals surface area contributed by atoms with Gasteiger partial charge in [-0.25, -0.2) is 0 Å². The normalized spacial score (nSPS) is 12.4. The monoisotopic (exact) mass is 245 g/mol. The average Bonchev–Trinajstić information content (AvgIpc) is 2.33. The van der Waals surface area contributed by atoms with E-state index in [-0.39, 0.29) is 6.04 Å². The van der Waals surface area contributed by atoms with Crippen LogP contribution in [0.5, 0.6) is 0 Å². The van der Waals surface area contributed by atoms with Gasteiger partial charge in [0, 0.05) is 11.1 Å². The molecular weight excluding hydrogens is 230 g/mol. The average molecular weight is 246 g/mol. The molecule has 0 heterocycles. The molecule has 0 aromatic heterocycles. The Kier molecular flexibility index (Phi) is 3.82. The molecule has 0 aliphatic heterocycles. The summed E-state index contributed by atoms with van der Waals surface area (Å²) in [5, 5.41) is 0.779. The molecule has 2 rings (SSSR count). The lowest BCUT2D eigenvalue weighted by Crippen LogP contribution is -2.04. The first kappa shape index (κ1) is 12.2. The zero-order chi connectivity index (χ0) is 12.3. The van der Waals surface area contributed by atoms with E-state index in [1.807, 2.05) is 19.1 Å². The standard InChI is InChI=1S/C15H16ClN/c1-11(17)14-6-2-12(3-7-14)10-13-4-8-15(16)9-5-13/h2-9,11H,10,17H2,1H3. The van der Waals surface area contributed by atoms with Crippen molar-refractivity contribution in [2.45, 2.75) is 19.4 Å². The highest BCUT2D eigenvalue weighted by Gasteiger charge is 2.00. The van der Waals surface area contributed by atoms with Crippen molar-refractivity contribution in [1.29, 1.82) is 0 Å². The SMILES string of the molecule is CC(N)c1ccc(Cc2ccc(Cl)cc2)cc1. The third-order valence-electron chi connectivity index (χ3n) is 2.83. The fraction of sp³-hybridized carbons (Fsp3) is 0.200. The molecular formula is C15H16ClN. The maximum atomic E-state index is 5.86. The highest BCUT2D eigenvalue weighted by atomic mass is 35.5. The van der Waals surface area contributed by atoms with Crippen LogP contribution in [0.2, 0.25) is 5.02 Å². The number of rotatable bonds is 3. The van der Waals surface area contributed by atoms with Gasteiger partial charge < -0.3 is 5.73 Å². The molecule has 0 aliphatic rings. The van der Waals surface area contributed by atoms with E-state index >= 15 is 0 Å². The molecule has 0 bridgehead atoms. The second kappa shape index (κ2) is 5.35. The summed E-state index contributed by atoms with van der Waals surface area (Å²) in [7, 11) is 0. The first-order chi connectivity index (χ1) is 8.15. The molecule has 1 atom stereocenters. The first-order valence-corrected chi connectivity index (χ1v) is 6.12. The summed E-state index contributed by atoms with van der Waals surface area (Å²) < 4.78 is 0. The molecule has 0 fully saturated rings. The minimum absolute atomic E-state index is 0.0968. The first-order valence-electron chi connectivity index (χ1n) is 5.74. The number of benzene rings is 2. The molecule has 2 heteroatoms. The molecule has 0 spiro atoms. The lowest BCUT2D eigenvalue weighted by Gasteiger charge is -2.07. The summed E-state index contributed by atoms with van der Waals surface area (Å²) in [5.74, 6) is 0. The predicted octanol–water partition coefficient (Wildman–Crippen LogP) is 3.95. The Morgan fingerprint density at radius 2 is 1.41 bits per heavy atom. The lowest BCUT2D eigenvalue weighted by molar-refractivity contribution is 0.817. The van der Waals surface area contributed by atoms with Crippen LogP contribution >= 0.6 is 11.6 Å². The van der Waals surface area contributed by atoms with E-state index in [9.17, 15) is 0 Å². The topological polar surface area (TPSA) is 26.0 Å². The Balaban J connectivity index is 2.11. The highest BCUT2D eigenvalue weighted by Crippen LogP contribution is 2.16. The van der Waals surface area contributed by atoms with E-state index < -0.39 is 0 Å². The maximum Gasteiger partial charge on any atom is 0.0406 e. The van der Waals surface area contributed by atoms with E-state index in [1.54, 1.807) is 0 Å². The summed E-state index contributed by atoms with van der Waals surface area (Å²) in [6.45, 7) is 1.99. The van der Waals surface area contributed by atoms with Crippen molar-refractivity contribution < 1.29 is 0 Å². The van der Waals surface area contributed by atoms with Gasteiger partial charge in [0.15, 0.2) is 0 Å². The van der Waals surface area contributed by atoms with Crippen molar-refractivity contribution in [3.8, 4) is 0 Å². The minimum Gasteiger partial charge on any atom is -0.324 e. The van der Waals surface area contributed by atoms with Crippen LogP contribution in [-0.2, 0) is 6.42 Å². The van der Waals surface area contributed by atoms with Crippen molar-refractivity contribution >= 4 is 11.6 Å². The summed E-state index contributed by atoms with van der Waals surface area (Å²) >= 11 is 5.86. The van der Waals surface area contributed by atoms with E-state index in [4.69, 9.17) is 17.3 Å². The molecule has 1 nitrogen and oxygen atoms in total. The summed E-state index contributed by atoms with van der Waals surface area (Å²) in [5.41, 5.74) is 9.54. The molecule has 0 saturated carbocycles. The van der Waals surface area contributed by atoms with E-state index in [0.29, 0.717) is 0 Å². The largest absolute Gasteiger partial charge is 0.324 e. The molecule has 1 unspecified atom stereocenters. The van der Waals surface area contributed by atoms with Crippen LogP contribution in [0, 0.1) is 0 Å². The fourth-order valence-corrected chi connectivity index (χ4v) is 1.90. The van der Waals surface area contributed by atoms with E-state index in [1.165, 1.54) is 16.7 Å². The smallest absolute Gasteiger partial charge is 0.0406 e. The third kappa shape index (κ3) is 3.32. The Morgan fingerprint density at radius 1 is 0.941 bits per heavy atom. The van der Waals surface area contributed by atoms with Crippen LogP contribution in [-0.4, -0.2) is 0 Å². The lowest BCUT2D eigenvalue weighted by atomic mass is 10.0. The van der Waals surface area contributed by atoms with Crippen LogP contribution in [0.4, 0.5) is 0 Å². The van der Waals surface area contributed by atoms with Gasteiger partial charge in [-0.1, -0.05) is 48.0 Å². The zero-order valence-electron chi connectivity index (χ0n) is 9.86. The number of halogens is 1. The number of hydrogen-bond donors (Lipinski definition) is 1. The highest BCUT2D eigenvalue weighted by molar-refractivity contribution is 6.30. The quantitative estimate of drug-likeness (QED) is 0.871. The molecule has 88 valence electrons. The number of hydrogen-bond acceptors (Lipinski definition) is 1. The Labute approximate surface area is 107 Å². The summed E-state index contributed by atoms with van der Waals surface area (Å²) in [6, 6.07) is 16.5. The second-order valence-electron chi connectivity index (χ2n) is 4.33. The Morgan fingerprint density at radius 3 is 1.88 bits per heavy atom. The molecule has 0 aliphatic carbocycles.